The molecule has 6 fully saturated rings. The number of benzene rings is 3. The average Bonchev–Trinajstić information content (AvgIpc) is 1.62. The second kappa shape index (κ2) is 25.9. The third-order valence-electron chi connectivity index (χ3n) is 19.2. The molecule has 1 saturated carbocycles. The molecule has 0 bridgehead atoms. The highest BCUT2D eigenvalue weighted by Crippen LogP contribution is 2.52. The number of nitrogens with zero attached hydrogens (tertiary/aromatic N) is 9. The Bertz CT molecular complexity index is 3480. The van der Waals surface area contributed by atoms with Crippen molar-refractivity contribution in [1.29, 1.82) is 0 Å². The van der Waals surface area contributed by atoms with Gasteiger partial charge in [0.25, 0.3) is 17.7 Å². The molecular formula is C65H74FN13O9. The van der Waals surface area contributed by atoms with Gasteiger partial charge in [-0.3, -0.25) is 48.5 Å². The number of nitrogens with two attached hydrogens (primary N) is 1. The minimum Gasteiger partial charge on any atom is -0.442 e. The van der Waals surface area contributed by atoms with E-state index in [0.29, 0.717) is 65.1 Å². The molecule has 23 heteroatoms. The third-order valence-corrected chi connectivity index (χ3v) is 19.2. The highest BCUT2D eigenvalue weighted by molar-refractivity contribution is 6.20. The lowest BCUT2D eigenvalue weighted by atomic mass is 9.59. The van der Waals surface area contributed by atoms with Crippen molar-refractivity contribution in [2.75, 3.05) is 75.3 Å². The number of amides is 7. The second-order valence-corrected chi connectivity index (χ2v) is 24.9. The zero-order valence-corrected chi connectivity index (χ0v) is 49.2. The fourth-order valence-corrected chi connectivity index (χ4v) is 14.0. The van der Waals surface area contributed by atoms with E-state index in [2.05, 4.69) is 40.6 Å². The van der Waals surface area contributed by atoms with Gasteiger partial charge in [-0.05, 0) is 143 Å². The van der Waals surface area contributed by atoms with Crippen molar-refractivity contribution in [2.45, 2.75) is 114 Å². The molecule has 460 valence electrons. The normalized spacial score (nSPS) is 21.2. The van der Waals surface area contributed by atoms with E-state index in [1.807, 2.05) is 21.8 Å². The molecule has 2 atom stereocenters. The van der Waals surface area contributed by atoms with Crippen molar-refractivity contribution in [2.24, 2.45) is 17.3 Å². The number of hydrogen-bond acceptors (Lipinski definition) is 16. The summed E-state index contributed by atoms with van der Waals surface area (Å²) < 4.78 is 21.3. The Morgan fingerprint density at radius 2 is 1.47 bits per heavy atom. The largest absolute Gasteiger partial charge is 0.442 e. The van der Waals surface area contributed by atoms with Gasteiger partial charge in [-0.15, -0.1) is 0 Å². The van der Waals surface area contributed by atoms with Gasteiger partial charge < -0.3 is 40.7 Å². The van der Waals surface area contributed by atoms with Crippen LogP contribution in [0.25, 0.3) is 11.3 Å². The van der Waals surface area contributed by atoms with Crippen molar-refractivity contribution in [3.63, 3.8) is 0 Å². The first kappa shape index (κ1) is 59.6. The molecule has 3 aromatic carbocycles. The minimum absolute atomic E-state index is 0.0103. The number of nitrogens with one attached hydrogen (secondary N) is 3. The van der Waals surface area contributed by atoms with Crippen LogP contribution in [0.3, 0.4) is 0 Å². The van der Waals surface area contributed by atoms with Crippen LogP contribution in [0.5, 0.6) is 0 Å². The summed E-state index contributed by atoms with van der Waals surface area (Å²) in [4.78, 5) is 123. The molecule has 88 heavy (non-hydrogen) atoms. The predicted molar refractivity (Wildman–Crippen MR) is 321 cm³/mol. The number of likely N-dealkylation sites (tertiary alicyclic amines) is 4. The van der Waals surface area contributed by atoms with Crippen molar-refractivity contribution >= 4 is 64.5 Å². The number of esters is 1. The molecule has 1 aliphatic carbocycles. The van der Waals surface area contributed by atoms with Crippen LogP contribution in [0.2, 0.25) is 0 Å². The first-order valence-corrected chi connectivity index (χ1v) is 30.9. The first-order chi connectivity index (χ1) is 42.6. The van der Waals surface area contributed by atoms with Crippen LogP contribution >= 0.6 is 0 Å². The molecule has 1 unspecified atom stereocenters. The summed E-state index contributed by atoms with van der Waals surface area (Å²) in [5.74, 6) is -3.54. The Morgan fingerprint density at radius 1 is 0.761 bits per heavy atom. The zero-order chi connectivity index (χ0) is 61.1. The summed E-state index contributed by atoms with van der Waals surface area (Å²) in [6.07, 6.45) is 16.2. The summed E-state index contributed by atoms with van der Waals surface area (Å²) in [6.45, 7) is 8.12. The summed E-state index contributed by atoms with van der Waals surface area (Å²) in [6, 6.07) is 20.7. The summed E-state index contributed by atoms with van der Waals surface area (Å²) in [5, 5.41) is 12.6. The molecule has 0 radical (unpaired) electrons. The molecule has 7 amide bonds. The molecule has 1 spiro atoms. The number of halogens is 1. The van der Waals surface area contributed by atoms with E-state index in [-0.39, 0.29) is 60.2 Å². The Balaban J connectivity index is 0.530. The number of carbonyl (C=O) groups is 8. The van der Waals surface area contributed by atoms with E-state index < -0.39 is 53.5 Å². The standard InChI is InChI=1S/C65H74FN13O9/c66-46-9-11-47(12-10-46)71-62(85)59(44-6-2-1-3-7-44)88-64(87)58-60(67)68-38-52(72-58)45-37-69-78(40-45)49-19-27-75(28-20-49)50-35-65(36-50)21-29-74(30-22-65)39-42-17-25-77(26-18-42)55(81)32-41-15-23-76(24-16-41)56(82)33-43-5-4-8-48(31-43)70-51-34-57(83)79(63(51)86)53-13-14-54(80)73-61(53)84/h1-12,31,34,37-38,40-42,49-50,53,59,70H,13-30,32-33,35-36,39H2,(H2,67,68)(H,71,85)(H,73,80,84)/t53?,59-/m1/s1. The van der Waals surface area contributed by atoms with Crippen LogP contribution < -0.4 is 21.7 Å². The predicted octanol–water partition coefficient (Wildman–Crippen LogP) is 6.06. The van der Waals surface area contributed by atoms with Crippen LogP contribution in [-0.4, -0.2) is 163 Å². The SMILES string of the molecule is Nc1ncc(-c2cnn(C3CCN(C4CC5(CCN(CC6CCN(C(=O)CC7CCN(C(=O)Cc8cccc(NC9=CC(=O)N(C%10CCC(=O)NC%10=O)C9=O)c8)CC7)CC6)CC5)C4)CC3)c2)nc1C(=O)O[C@@H](C(=O)Nc1ccc(F)cc1)c1ccccc1. The molecule has 5 saturated heterocycles. The zero-order valence-electron chi connectivity index (χ0n) is 49.2. The molecule has 8 heterocycles. The van der Waals surface area contributed by atoms with Crippen LogP contribution in [0.1, 0.15) is 117 Å². The van der Waals surface area contributed by atoms with Crippen molar-refractivity contribution < 1.29 is 47.5 Å². The van der Waals surface area contributed by atoms with Gasteiger partial charge in [-0.25, -0.2) is 19.2 Å². The van der Waals surface area contributed by atoms with E-state index in [0.717, 1.165) is 101 Å². The lowest BCUT2D eigenvalue weighted by molar-refractivity contribution is -0.149. The molecule has 12 rings (SSSR count). The van der Waals surface area contributed by atoms with E-state index in [4.69, 9.17) is 15.6 Å². The number of imide groups is 2. The fraction of sp³-hybridized carbons (Fsp3) is 0.462. The minimum atomic E-state index is -1.36. The Hall–Kier alpha value is -8.70. The Labute approximate surface area is 509 Å². The third kappa shape index (κ3) is 13.5. The van der Waals surface area contributed by atoms with Crippen LogP contribution in [0, 0.1) is 23.1 Å². The van der Waals surface area contributed by atoms with Gasteiger partial charge >= 0.3 is 5.97 Å². The lowest BCUT2D eigenvalue weighted by Crippen LogP contribution is -2.56. The number of hydrogen-bond donors (Lipinski definition) is 4. The van der Waals surface area contributed by atoms with Crippen LogP contribution in [0.4, 0.5) is 21.6 Å². The maximum absolute atomic E-state index is 13.7. The van der Waals surface area contributed by atoms with Gasteiger partial charge in [0.05, 0.1) is 30.6 Å². The van der Waals surface area contributed by atoms with Gasteiger partial charge in [0.1, 0.15) is 17.6 Å². The topological polar surface area (TPSA) is 268 Å². The highest BCUT2D eigenvalue weighted by Gasteiger charge is 2.49. The smallest absolute Gasteiger partial charge is 0.361 e. The Morgan fingerprint density at radius 3 is 2.18 bits per heavy atom. The summed E-state index contributed by atoms with van der Waals surface area (Å²) in [5.41, 5.74) is 9.45. The van der Waals surface area contributed by atoms with Gasteiger partial charge in [0, 0.05) is 99.5 Å². The van der Waals surface area contributed by atoms with Gasteiger partial charge in [0.15, 0.2) is 11.5 Å². The number of anilines is 3. The molecular weight excluding hydrogens is 1130 g/mol. The second-order valence-electron chi connectivity index (χ2n) is 24.9. The molecule has 22 nitrogen and oxygen atoms in total. The first-order valence-electron chi connectivity index (χ1n) is 30.9. The number of nitrogen functional groups attached to an aromatic ring is 1. The molecule has 5 aromatic rings. The Kier molecular flexibility index (Phi) is 17.6. The fourth-order valence-electron chi connectivity index (χ4n) is 14.0. The molecule has 7 aliphatic rings. The lowest BCUT2D eigenvalue weighted by Gasteiger charge is -2.56. The quantitative estimate of drug-likeness (QED) is 0.0609. The maximum atomic E-state index is 13.7. The van der Waals surface area contributed by atoms with Gasteiger partial charge in [0.2, 0.25) is 29.7 Å². The van der Waals surface area contributed by atoms with E-state index in [1.54, 1.807) is 54.7 Å². The van der Waals surface area contributed by atoms with Crippen molar-refractivity contribution in [3.05, 3.63) is 132 Å². The van der Waals surface area contributed by atoms with Crippen molar-refractivity contribution in [3.8, 4) is 11.3 Å². The van der Waals surface area contributed by atoms with Crippen LogP contribution in [-0.2, 0) is 44.7 Å². The summed E-state index contributed by atoms with van der Waals surface area (Å²) in [7, 11) is 0. The number of aromatic nitrogens is 4. The maximum Gasteiger partial charge on any atom is 0.361 e. The van der Waals surface area contributed by atoms with Crippen LogP contribution in [0.15, 0.2) is 109 Å². The molecule has 5 N–H and O–H groups in total. The highest BCUT2D eigenvalue weighted by atomic mass is 19.1. The van der Waals surface area contributed by atoms with Gasteiger partial charge in [-0.1, -0.05) is 42.5 Å². The molecule has 6 aliphatic heterocycles. The number of ether oxygens (including phenoxy) is 1. The molecule has 2 aromatic heterocycles. The van der Waals surface area contributed by atoms with Gasteiger partial charge in [-0.2, -0.15) is 5.10 Å². The van der Waals surface area contributed by atoms with Crippen molar-refractivity contribution in [1.82, 2.24) is 49.6 Å². The number of carbonyl (C=O) groups excluding carboxylic acids is 8. The monoisotopic (exact) mass is 1200 g/mol. The van der Waals surface area contributed by atoms with E-state index in [9.17, 15) is 42.7 Å². The van der Waals surface area contributed by atoms with E-state index in [1.165, 1.54) is 56.1 Å². The summed E-state index contributed by atoms with van der Waals surface area (Å²) >= 11 is 0. The number of rotatable bonds is 17. The average molecular weight is 1200 g/mol. The number of piperidine rings is 5. The van der Waals surface area contributed by atoms with E-state index >= 15 is 0 Å².